The van der Waals surface area contributed by atoms with Gasteiger partial charge in [0.1, 0.15) is 0 Å². The number of aliphatic hydroxyl groups is 1. The highest BCUT2D eigenvalue weighted by atomic mass is 79.9. The lowest BCUT2D eigenvalue weighted by Crippen LogP contribution is -2.21. The molecule has 0 spiro atoms. The Morgan fingerprint density at radius 3 is 2.93 bits per heavy atom. The zero-order valence-electron chi connectivity index (χ0n) is 8.29. The van der Waals surface area contributed by atoms with Gasteiger partial charge in [0.2, 0.25) is 0 Å². The van der Waals surface area contributed by atoms with Crippen molar-refractivity contribution in [3.63, 3.8) is 0 Å². The van der Waals surface area contributed by atoms with Gasteiger partial charge in [0.05, 0.1) is 11.1 Å². The summed E-state index contributed by atoms with van der Waals surface area (Å²) < 4.78 is 0.932. The summed E-state index contributed by atoms with van der Waals surface area (Å²) in [5.74, 6) is 0. The third kappa shape index (κ3) is 2.94. The van der Waals surface area contributed by atoms with Crippen LogP contribution in [0.4, 0.5) is 0 Å². The van der Waals surface area contributed by atoms with Crippen LogP contribution in [-0.4, -0.2) is 29.2 Å². The highest BCUT2D eigenvalue weighted by Gasteiger charge is 2.19. The van der Waals surface area contributed by atoms with Gasteiger partial charge < -0.3 is 5.11 Å². The molecule has 0 unspecified atom stereocenters. The first-order chi connectivity index (χ1) is 7.15. The van der Waals surface area contributed by atoms with E-state index < -0.39 is 0 Å². The minimum absolute atomic E-state index is 0.152. The molecule has 1 heterocycles. The van der Waals surface area contributed by atoms with Gasteiger partial charge in [-0.3, -0.25) is 4.90 Å². The smallest absolute Gasteiger partial charge is 0.0679 e. The van der Waals surface area contributed by atoms with Crippen molar-refractivity contribution in [2.45, 2.75) is 19.1 Å². The summed E-state index contributed by atoms with van der Waals surface area (Å²) in [6.45, 7) is 2.63. The molecule has 2 nitrogen and oxygen atoms in total. The van der Waals surface area contributed by atoms with Crippen LogP contribution in [-0.2, 0) is 6.54 Å². The van der Waals surface area contributed by atoms with Crippen molar-refractivity contribution >= 4 is 27.5 Å². The lowest BCUT2D eigenvalue weighted by molar-refractivity contribution is 0.175. The molecule has 1 aliphatic rings. The molecule has 2 rings (SSSR count). The largest absolute Gasteiger partial charge is 0.392 e. The van der Waals surface area contributed by atoms with Gasteiger partial charge in [0.25, 0.3) is 0 Å². The Bertz CT molecular complexity index is 358. The Hall–Kier alpha value is -0.0900. The van der Waals surface area contributed by atoms with Gasteiger partial charge in [0.15, 0.2) is 0 Å². The molecule has 4 heteroatoms. The van der Waals surface area contributed by atoms with E-state index in [-0.39, 0.29) is 6.10 Å². The van der Waals surface area contributed by atoms with E-state index in [1.807, 2.05) is 18.2 Å². The number of halogens is 2. The van der Waals surface area contributed by atoms with Gasteiger partial charge in [-0.15, -0.1) is 0 Å². The van der Waals surface area contributed by atoms with Crippen LogP contribution in [0.2, 0.25) is 5.02 Å². The van der Waals surface area contributed by atoms with Gasteiger partial charge in [-0.1, -0.05) is 17.7 Å². The first-order valence-electron chi connectivity index (χ1n) is 4.99. The van der Waals surface area contributed by atoms with Crippen LogP contribution in [0, 0.1) is 0 Å². The van der Waals surface area contributed by atoms with Crippen molar-refractivity contribution < 1.29 is 5.11 Å². The minimum Gasteiger partial charge on any atom is -0.392 e. The second-order valence-electron chi connectivity index (χ2n) is 3.93. The molecule has 0 bridgehead atoms. The van der Waals surface area contributed by atoms with Crippen LogP contribution >= 0.6 is 27.5 Å². The number of hydrogen-bond donors (Lipinski definition) is 1. The Labute approximate surface area is 103 Å². The molecule has 1 N–H and O–H groups in total. The summed E-state index contributed by atoms with van der Waals surface area (Å²) in [6, 6.07) is 5.96. The van der Waals surface area contributed by atoms with E-state index in [1.165, 1.54) is 5.56 Å². The van der Waals surface area contributed by atoms with Gasteiger partial charge in [0, 0.05) is 24.1 Å². The van der Waals surface area contributed by atoms with Crippen LogP contribution in [0.3, 0.4) is 0 Å². The molecular weight excluding hydrogens is 277 g/mol. The highest BCUT2D eigenvalue weighted by molar-refractivity contribution is 9.10. The second kappa shape index (κ2) is 4.83. The number of hydrogen-bond acceptors (Lipinski definition) is 2. The van der Waals surface area contributed by atoms with Gasteiger partial charge in [-0.2, -0.15) is 0 Å². The molecule has 1 aliphatic heterocycles. The first kappa shape index (κ1) is 11.4. The molecule has 0 saturated carbocycles. The number of benzene rings is 1. The lowest BCUT2D eigenvalue weighted by atomic mass is 10.2. The fourth-order valence-electron chi connectivity index (χ4n) is 1.85. The van der Waals surface area contributed by atoms with Gasteiger partial charge in [-0.25, -0.2) is 0 Å². The summed E-state index contributed by atoms with van der Waals surface area (Å²) in [7, 11) is 0. The molecule has 82 valence electrons. The monoisotopic (exact) mass is 289 g/mol. The van der Waals surface area contributed by atoms with E-state index in [1.54, 1.807) is 0 Å². The standard InChI is InChI=1S/C11H13BrClNO/c12-10-5-8(1-2-11(10)13)6-14-4-3-9(15)7-14/h1-2,5,9,15H,3-4,6-7H2/t9-/m1/s1. The molecule has 1 fully saturated rings. The number of aliphatic hydroxyl groups excluding tert-OH is 1. The molecule has 0 amide bonds. The molecule has 0 aromatic heterocycles. The van der Waals surface area contributed by atoms with Crippen LogP contribution < -0.4 is 0 Å². The summed E-state index contributed by atoms with van der Waals surface area (Å²) in [5.41, 5.74) is 1.22. The van der Waals surface area contributed by atoms with Crippen LogP contribution in [0.5, 0.6) is 0 Å². The number of β-amino-alcohol motifs (C(OH)–C–C–N with tert-alkyl or cyclic N) is 1. The summed E-state index contributed by atoms with van der Waals surface area (Å²) in [6.07, 6.45) is 0.732. The third-order valence-electron chi connectivity index (χ3n) is 2.64. The summed E-state index contributed by atoms with van der Waals surface area (Å²) in [5, 5.41) is 10.1. The zero-order chi connectivity index (χ0) is 10.8. The van der Waals surface area contributed by atoms with Crippen molar-refractivity contribution in [3.8, 4) is 0 Å². The zero-order valence-corrected chi connectivity index (χ0v) is 10.6. The Morgan fingerprint density at radius 2 is 2.33 bits per heavy atom. The van der Waals surface area contributed by atoms with E-state index >= 15 is 0 Å². The Kier molecular flexibility index (Phi) is 3.67. The molecule has 15 heavy (non-hydrogen) atoms. The van der Waals surface area contributed by atoms with Crippen molar-refractivity contribution in [2.24, 2.45) is 0 Å². The lowest BCUT2D eigenvalue weighted by Gasteiger charge is -2.15. The maximum absolute atomic E-state index is 9.40. The van der Waals surface area contributed by atoms with Crippen LogP contribution in [0.15, 0.2) is 22.7 Å². The van der Waals surface area contributed by atoms with E-state index in [2.05, 4.69) is 20.8 Å². The van der Waals surface area contributed by atoms with E-state index in [0.29, 0.717) is 0 Å². The number of rotatable bonds is 2. The van der Waals surface area contributed by atoms with E-state index in [4.69, 9.17) is 11.6 Å². The van der Waals surface area contributed by atoms with Crippen molar-refractivity contribution in [3.05, 3.63) is 33.3 Å². The Morgan fingerprint density at radius 1 is 1.53 bits per heavy atom. The average molecular weight is 291 g/mol. The molecule has 1 aromatic rings. The van der Waals surface area contributed by atoms with Crippen molar-refractivity contribution in [1.29, 1.82) is 0 Å². The molecule has 1 saturated heterocycles. The molecule has 1 aromatic carbocycles. The highest BCUT2D eigenvalue weighted by Crippen LogP contribution is 2.24. The predicted molar refractivity (Wildman–Crippen MR) is 65.1 cm³/mol. The SMILES string of the molecule is O[C@@H]1CCN(Cc2ccc(Cl)c(Br)c2)C1. The van der Waals surface area contributed by atoms with E-state index in [9.17, 15) is 5.11 Å². The second-order valence-corrected chi connectivity index (χ2v) is 5.19. The van der Waals surface area contributed by atoms with E-state index in [0.717, 1.165) is 35.6 Å². The van der Waals surface area contributed by atoms with Crippen LogP contribution in [0.1, 0.15) is 12.0 Å². The predicted octanol–water partition coefficient (Wildman–Crippen LogP) is 2.67. The average Bonchev–Trinajstić information content (AvgIpc) is 2.58. The van der Waals surface area contributed by atoms with Gasteiger partial charge >= 0.3 is 0 Å². The summed E-state index contributed by atoms with van der Waals surface area (Å²) >= 11 is 9.33. The van der Waals surface area contributed by atoms with Crippen LogP contribution in [0.25, 0.3) is 0 Å². The van der Waals surface area contributed by atoms with Crippen molar-refractivity contribution in [1.82, 2.24) is 4.90 Å². The topological polar surface area (TPSA) is 23.5 Å². The molecule has 1 atom stereocenters. The van der Waals surface area contributed by atoms with Crippen molar-refractivity contribution in [2.75, 3.05) is 13.1 Å². The fraction of sp³-hybridized carbons (Fsp3) is 0.455. The normalized spacial score (nSPS) is 22.2. The number of nitrogens with zero attached hydrogens (tertiary/aromatic N) is 1. The molecule has 0 radical (unpaired) electrons. The number of likely N-dealkylation sites (tertiary alicyclic amines) is 1. The fourth-order valence-corrected chi connectivity index (χ4v) is 2.40. The summed E-state index contributed by atoms with van der Waals surface area (Å²) in [4.78, 5) is 2.25. The molecular formula is C11H13BrClNO. The first-order valence-corrected chi connectivity index (χ1v) is 6.16. The Balaban J connectivity index is 2.02. The maximum atomic E-state index is 9.40. The van der Waals surface area contributed by atoms with Gasteiger partial charge in [-0.05, 0) is 40.0 Å². The molecule has 0 aliphatic carbocycles. The third-order valence-corrected chi connectivity index (χ3v) is 3.85. The maximum Gasteiger partial charge on any atom is 0.0679 e. The minimum atomic E-state index is -0.152. The quantitative estimate of drug-likeness (QED) is 0.905.